The van der Waals surface area contributed by atoms with Gasteiger partial charge in [0.05, 0.1) is 17.5 Å². The number of rotatable bonds is 4. The van der Waals surface area contributed by atoms with Crippen molar-refractivity contribution in [3.63, 3.8) is 0 Å². The molecule has 192 valence electrons. The Morgan fingerprint density at radius 1 is 0.944 bits per heavy atom. The fourth-order valence-corrected chi connectivity index (χ4v) is 5.03. The third-order valence-corrected chi connectivity index (χ3v) is 7.26. The highest BCUT2D eigenvalue weighted by Crippen LogP contribution is 2.25. The summed E-state index contributed by atoms with van der Waals surface area (Å²) in [6.45, 7) is 6.75. The zero-order chi connectivity index (χ0) is 25.5. The minimum atomic E-state index is -0.183. The van der Waals surface area contributed by atoms with Crippen molar-refractivity contribution < 1.29 is 19.1 Å². The Labute approximate surface area is 214 Å². The van der Waals surface area contributed by atoms with Crippen LogP contribution in [-0.2, 0) is 16.0 Å². The van der Waals surface area contributed by atoms with Gasteiger partial charge in [-0.3, -0.25) is 14.4 Å². The van der Waals surface area contributed by atoms with E-state index in [4.69, 9.17) is 4.74 Å². The molecule has 7 heteroatoms. The largest absolute Gasteiger partial charge is 0.491 e. The highest BCUT2D eigenvalue weighted by molar-refractivity contribution is 5.97. The third kappa shape index (κ3) is 6.07. The Morgan fingerprint density at radius 3 is 2.36 bits per heavy atom. The molecule has 2 aliphatic rings. The van der Waals surface area contributed by atoms with E-state index in [2.05, 4.69) is 12.1 Å². The summed E-state index contributed by atoms with van der Waals surface area (Å²) in [5.41, 5.74) is 1.69. The van der Waals surface area contributed by atoms with Crippen LogP contribution in [-0.4, -0.2) is 77.8 Å². The smallest absolute Gasteiger partial charge is 0.257 e. The minimum absolute atomic E-state index is 0.00918. The topological polar surface area (TPSA) is 70.2 Å². The van der Waals surface area contributed by atoms with E-state index in [1.807, 2.05) is 59.2 Å². The van der Waals surface area contributed by atoms with Gasteiger partial charge in [0, 0.05) is 39.6 Å². The number of hydrogen-bond donors (Lipinski definition) is 0. The summed E-state index contributed by atoms with van der Waals surface area (Å²) in [5.74, 6) is 0.462. The molecule has 2 heterocycles. The van der Waals surface area contributed by atoms with Crippen LogP contribution >= 0.6 is 0 Å². The van der Waals surface area contributed by atoms with Crippen LogP contribution in [0.15, 0.2) is 54.6 Å². The first-order valence-corrected chi connectivity index (χ1v) is 13.1. The second-order valence-electron chi connectivity index (χ2n) is 9.75. The Morgan fingerprint density at radius 2 is 1.64 bits per heavy atom. The van der Waals surface area contributed by atoms with Crippen LogP contribution in [0.1, 0.15) is 49.0 Å². The van der Waals surface area contributed by atoms with Crippen LogP contribution < -0.4 is 4.74 Å². The predicted octanol–water partition coefficient (Wildman–Crippen LogP) is 3.63. The number of para-hydroxylation sites is 1. The summed E-state index contributed by atoms with van der Waals surface area (Å²) in [5, 5.41) is 0. The maximum atomic E-state index is 13.7. The fraction of sp³-hybridized carbons (Fsp3) is 0.483. The van der Waals surface area contributed by atoms with Crippen LogP contribution in [0.25, 0.3) is 0 Å². The van der Waals surface area contributed by atoms with Crippen molar-refractivity contribution in [1.82, 2.24) is 14.7 Å². The number of hydrogen-bond acceptors (Lipinski definition) is 4. The van der Waals surface area contributed by atoms with E-state index in [0.717, 1.165) is 24.8 Å². The van der Waals surface area contributed by atoms with E-state index in [9.17, 15) is 14.4 Å². The van der Waals surface area contributed by atoms with E-state index >= 15 is 0 Å². The van der Waals surface area contributed by atoms with Gasteiger partial charge < -0.3 is 19.4 Å². The van der Waals surface area contributed by atoms with Gasteiger partial charge in [-0.25, -0.2) is 0 Å². The summed E-state index contributed by atoms with van der Waals surface area (Å²) in [6.07, 6.45) is 3.33. The monoisotopic (exact) mass is 491 g/mol. The number of benzene rings is 2. The lowest BCUT2D eigenvalue weighted by Gasteiger charge is -2.42. The first-order chi connectivity index (χ1) is 17.5. The van der Waals surface area contributed by atoms with Crippen molar-refractivity contribution in [2.24, 2.45) is 5.92 Å². The quantitative estimate of drug-likeness (QED) is 0.655. The van der Waals surface area contributed by atoms with Gasteiger partial charge in [0.2, 0.25) is 11.8 Å². The van der Waals surface area contributed by atoms with Gasteiger partial charge in [-0.2, -0.15) is 0 Å². The van der Waals surface area contributed by atoms with Crippen LogP contribution in [0, 0.1) is 5.92 Å². The average Bonchev–Trinajstić information content (AvgIpc) is 2.86. The normalized spacial score (nSPS) is 19.8. The number of likely N-dealkylation sites (tertiary alicyclic amines) is 1. The molecule has 1 fully saturated rings. The van der Waals surface area contributed by atoms with Gasteiger partial charge in [-0.15, -0.1) is 0 Å². The van der Waals surface area contributed by atoms with Gasteiger partial charge in [0.15, 0.2) is 0 Å². The second-order valence-corrected chi connectivity index (χ2v) is 9.75. The molecule has 7 nitrogen and oxygen atoms in total. The molecule has 2 aromatic carbocycles. The Balaban J connectivity index is 1.62. The first-order valence-electron chi connectivity index (χ1n) is 13.1. The summed E-state index contributed by atoms with van der Waals surface area (Å²) < 4.78 is 6.31. The van der Waals surface area contributed by atoms with Crippen molar-refractivity contribution in [2.75, 3.05) is 39.3 Å². The molecule has 1 saturated heterocycles. The Bertz CT molecular complexity index is 1050. The van der Waals surface area contributed by atoms with Gasteiger partial charge >= 0.3 is 0 Å². The second kappa shape index (κ2) is 12.1. The summed E-state index contributed by atoms with van der Waals surface area (Å²) in [6, 6.07) is 17.3. The molecule has 36 heavy (non-hydrogen) atoms. The lowest BCUT2D eigenvalue weighted by Crippen LogP contribution is -2.58. The van der Waals surface area contributed by atoms with Crippen molar-refractivity contribution >= 4 is 17.7 Å². The number of ether oxygens (including phenoxy) is 1. The lowest BCUT2D eigenvalue weighted by molar-refractivity contribution is -0.149. The lowest BCUT2D eigenvalue weighted by atomic mass is 9.96. The molecule has 0 aromatic heterocycles. The zero-order valence-electron chi connectivity index (χ0n) is 21.4. The average molecular weight is 492 g/mol. The Hall–Kier alpha value is -3.35. The van der Waals surface area contributed by atoms with E-state index in [1.54, 1.807) is 11.8 Å². The van der Waals surface area contributed by atoms with Crippen molar-refractivity contribution in [3.05, 3.63) is 65.7 Å². The molecule has 0 N–H and O–H groups in total. The SMILES string of the molecule is CCN1CCCCCN(C(=O)C2CN(C(C)=O)C2)[C@@H](Cc2ccccc2)COc2ccccc2C1=O. The van der Waals surface area contributed by atoms with E-state index in [1.165, 1.54) is 0 Å². The maximum absolute atomic E-state index is 13.7. The molecule has 0 spiro atoms. The van der Waals surface area contributed by atoms with Crippen molar-refractivity contribution in [2.45, 2.75) is 45.6 Å². The number of nitrogens with zero attached hydrogens (tertiary/aromatic N) is 3. The van der Waals surface area contributed by atoms with Crippen LogP contribution in [0.3, 0.4) is 0 Å². The van der Waals surface area contributed by atoms with Crippen LogP contribution in [0.4, 0.5) is 0 Å². The van der Waals surface area contributed by atoms with Gasteiger partial charge in [0.25, 0.3) is 5.91 Å². The molecule has 2 aromatic rings. The fourth-order valence-electron chi connectivity index (χ4n) is 5.03. The molecule has 1 atom stereocenters. The molecule has 0 bridgehead atoms. The number of fused-ring (bicyclic) bond motifs is 1. The van der Waals surface area contributed by atoms with Crippen LogP contribution in [0.5, 0.6) is 5.75 Å². The van der Waals surface area contributed by atoms with Crippen LogP contribution in [0.2, 0.25) is 0 Å². The Kier molecular flexibility index (Phi) is 8.62. The molecular formula is C29H37N3O4. The number of amides is 3. The standard InChI is InChI=1S/C29H37N3O4/c1-3-30-16-10-5-11-17-32(28(34)24-19-31(20-24)22(2)33)25(18-23-12-6-4-7-13-23)21-36-27-15-9-8-14-26(27)29(30)35/h4,6-9,12-15,24-25H,3,5,10-11,16-21H2,1-2H3/t25-/m0/s1. The highest BCUT2D eigenvalue weighted by Gasteiger charge is 2.39. The first kappa shape index (κ1) is 25.7. The minimum Gasteiger partial charge on any atom is -0.491 e. The third-order valence-electron chi connectivity index (χ3n) is 7.26. The van der Waals surface area contributed by atoms with Gasteiger partial charge in [0.1, 0.15) is 12.4 Å². The molecule has 0 radical (unpaired) electrons. The predicted molar refractivity (Wildman–Crippen MR) is 139 cm³/mol. The maximum Gasteiger partial charge on any atom is 0.257 e. The number of carbonyl (C=O) groups excluding carboxylic acids is 3. The molecular weight excluding hydrogens is 454 g/mol. The highest BCUT2D eigenvalue weighted by atomic mass is 16.5. The van der Waals surface area contributed by atoms with E-state index in [-0.39, 0.29) is 29.7 Å². The molecule has 0 saturated carbocycles. The van der Waals surface area contributed by atoms with E-state index in [0.29, 0.717) is 57.1 Å². The molecule has 0 aliphatic carbocycles. The van der Waals surface area contributed by atoms with Crippen molar-refractivity contribution in [1.29, 1.82) is 0 Å². The molecule has 3 amide bonds. The summed E-state index contributed by atoms with van der Waals surface area (Å²) in [7, 11) is 0. The summed E-state index contributed by atoms with van der Waals surface area (Å²) in [4.78, 5) is 44.3. The molecule has 4 rings (SSSR count). The number of carbonyl (C=O) groups is 3. The zero-order valence-corrected chi connectivity index (χ0v) is 21.4. The van der Waals surface area contributed by atoms with Crippen molar-refractivity contribution in [3.8, 4) is 5.75 Å². The molecule has 0 unspecified atom stereocenters. The van der Waals surface area contributed by atoms with E-state index < -0.39 is 0 Å². The van der Waals surface area contributed by atoms with Gasteiger partial charge in [-0.05, 0) is 50.3 Å². The summed E-state index contributed by atoms with van der Waals surface area (Å²) >= 11 is 0. The molecule has 2 aliphatic heterocycles. The van der Waals surface area contributed by atoms with Gasteiger partial charge in [-0.1, -0.05) is 42.5 Å².